The minimum Gasteiger partial charge on any atom is -0.305 e. The maximum Gasteiger partial charge on any atom is 0.0760 e. The first kappa shape index (κ1) is 16.0. The van der Waals surface area contributed by atoms with Crippen molar-refractivity contribution in [3.05, 3.63) is 49.6 Å². The van der Waals surface area contributed by atoms with E-state index in [1.54, 1.807) is 0 Å². The molecule has 1 aromatic heterocycles. The van der Waals surface area contributed by atoms with Gasteiger partial charge in [-0.15, -0.1) is 0 Å². The van der Waals surface area contributed by atoms with E-state index >= 15 is 0 Å². The molecule has 0 aliphatic carbocycles. The van der Waals surface area contributed by atoms with Gasteiger partial charge in [0, 0.05) is 11.5 Å². The number of hydrogen-bond acceptors (Lipinski definition) is 2. The van der Waals surface area contributed by atoms with Gasteiger partial charge in [0.05, 0.1) is 27.4 Å². The third-order valence-electron chi connectivity index (χ3n) is 3.09. The number of halogens is 3. The minimum absolute atomic E-state index is 0.0744. The number of aryl methyl sites for hydroxylation is 1. The van der Waals surface area contributed by atoms with E-state index in [4.69, 9.17) is 11.6 Å². The Balaban J connectivity index is 2.44. The van der Waals surface area contributed by atoms with E-state index in [0.29, 0.717) is 5.02 Å². The summed E-state index contributed by atoms with van der Waals surface area (Å²) in [6.45, 7) is 3.09. The first-order valence-electron chi connectivity index (χ1n) is 6.40. The van der Waals surface area contributed by atoms with Gasteiger partial charge in [-0.1, -0.05) is 24.6 Å². The summed E-state index contributed by atoms with van der Waals surface area (Å²) in [4.78, 5) is 0. The predicted octanol–water partition coefficient (Wildman–Crippen LogP) is 4.69. The van der Waals surface area contributed by atoms with Crippen LogP contribution in [0.5, 0.6) is 0 Å². The standard InChI is InChI=1S/C14H16Br2ClN3/c1-3-6-18-13(14-11(16)8-19-20(14)2)9-4-5-12(17)10(15)7-9/h4-5,7-8,13,18H,3,6H2,1-2H3. The van der Waals surface area contributed by atoms with Gasteiger partial charge in [-0.05, 0) is 62.5 Å². The van der Waals surface area contributed by atoms with Crippen LogP contribution >= 0.6 is 43.5 Å². The Bertz CT molecular complexity index is 579. The van der Waals surface area contributed by atoms with Crippen molar-refractivity contribution in [2.45, 2.75) is 19.4 Å². The highest BCUT2D eigenvalue weighted by molar-refractivity contribution is 9.10. The largest absolute Gasteiger partial charge is 0.305 e. The van der Waals surface area contributed by atoms with Gasteiger partial charge >= 0.3 is 0 Å². The highest BCUT2D eigenvalue weighted by Crippen LogP contribution is 2.32. The van der Waals surface area contributed by atoms with E-state index in [1.165, 1.54) is 0 Å². The summed E-state index contributed by atoms with van der Waals surface area (Å²) in [7, 11) is 1.95. The van der Waals surface area contributed by atoms with Crippen LogP contribution < -0.4 is 5.32 Å². The van der Waals surface area contributed by atoms with Crippen LogP contribution in [-0.2, 0) is 7.05 Å². The second-order valence-corrected chi connectivity index (χ2v) is 6.68. The summed E-state index contributed by atoms with van der Waals surface area (Å²) in [6.07, 6.45) is 2.89. The highest BCUT2D eigenvalue weighted by atomic mass is 79.9. The first-order chi connectivity index (χ1) is 9.54. The quantitative estimate of drug-likeness (QED) is 0.759. The summed E-state index contributed by atoms with van der Waals surface area (Å²) in [5.74, 6) is 0. The normalized spacial score (nSPS) is 12.7. The summed E-state index contributed by atoms with van der Waals surface area (Å²) in [6, 6.07) is 6.08. The molecule has 0 fully saturated rings. The van der Waals surface area contributed by atoms with E-state index in [2.05, 4.69) is 55.3 Å². The van der Waals surface area contributed by atoms with Crippen molar-refractivity contribution in [3.8, 4) is 0 Å². The molecule has 1 heterocycles. The van der Waals surface area contributed by atoms with Gasteiger partial charge in [-0.3, -0.25) is 4.68 Å². The van der Waals surface area contributed by atoms with Crippen LogP contribution in [0, 0.1) is 0 Å². The Labute approximate surface area is 141 Å². The van der Waals surface area contributed by atoms with E-state index < -0.39 is 0 Å². The Hall–Kier alpha value is -0.360. The smallest absolute Gasteiger partial charge is 0.0760 e. The van der Waals surface area contributed by atoms with Crippen molar-refractivity contribution >= 4 is 43.5 Å². The highest BCUT2D eigenvalue weighted by Gasteiger charge is 2.20. The molecule has 3 nitrogen and oxygen atoms in total. The SMILES string of the molecule is CCCNC(c1ccc(Cl)c(Br)c1)c1c(Br)cnn1C. The molecule has 1 atom stereocenters. The van der Waals surface area contributed by atoms with E-state index in [1.807, 2.05) is 30.1 Å². The maximum atomic E-state index is 6.08. The fourth-order valence-corrected chi connectivity index (χ4v) is 3.19. The number of rotatable bonds is 5. The molecule has 0 amide bonds. The van der Waals surface area contributed by atoms with Gasteiger partial charge < -0.3 is 5.32 Å². The average Bonchev–Trinajstić information content (AvgIpc) is 2.75. The topological polar surface area (TPSA) is 29.9 Å². The van der Waals surface area contributed by atoms with Crippen LogP contribution in [0.1, 0.15) is 30.6 Å². The van der Waals surface area contributed by atoms with Crippen LogP contribution in [0.15, 0.2) is 33.3 Å². The molecule has 2 aromatic rings. The average molecular weight is 422 g/mol. The molecule has 0 bridgehead atoms. The van der Waals surface area contributed by atoms with Gasteiger partial charge in [0.25, 0.3) is 0 Å². The van der Waals surface area contributed by atoms with Gasteiger partial charge in [0.2, 0.25) is 0 Å². The minimum atomic E-state index is 0.0744. The molecule has 1 N–H and O–H groups in total. The van der Waals surface area contributed by atoms with Gasteiger partial charge in [-0.2, -0.15) is 5.10 Å². The zero-order valence-corrected chi connectivity index (χ0v) is 15.3. The van der Waals surface area contributed by atoms with E-state index in [-0.39, 0.29) is 6.04 Å². The zero-order valence-electron chi connectivity index (χ0n) is 11.3. The molecule has 1 aromatic carbocycles. The van der Waals surface area contributed by atoms with Gasteiger partial charge in [-0.25, -0.2) is 0 Å². The lowest BCUT2D eigenvalue weighted by atomic mass is 10.0. The Morgan fingerprint density at radius 3 is 2.65 bits per heavy atom. The zero-order chi connectivity index (χ0) is 14.7. The molecule has 0 spiro atoms. The number of nitrogens with one attached hydrogen (secondary N) is 1. The molecule has 0 aliphatic heterocycles. The number of nitrogens with zero attached hydrogens (tertiary/aromatic N) is 2. The monoisotopic (exact) mass is 419 g/mol. The Kier molecular flexibility index (Phi) is 5.66. The summed E-state index contributed by atoms with van der Waals surface area (Å²) in [5, 5.41) is 8.58. The second kappa shape index (κ2) is 7.07. The van der Waals surface area contributed by atoms with Gasteiger partial charge in [0.15, 0.2) is 0 Å². The van der Waals surface area contributed by atoms with Crippen LogP contribution in [0.25, 0.3) is 0 Å². The van der Waals surface area contributed by atoms with E-state index in [0.717, 1.165) is 33.2 Å². The second-order valence-electron chi connectivity index (χ2n) is 4.56. The van der Waals surface area contributed by atoms with Crippen molar-refractivity contribution in [1.29, 1.82) is 0 Å². The van der Waals surface area contributed by atoms with Crippen molar-refractivity contribution in [3.63, 3.8) is 0 Å². The molecule has 0 saturated carbocycles. The first-order valence-corrected chi connectivity index (χ1v) is 8.36. The van der Waals surface area contributed by atoms with Crippen molar-refractivity contribution in [2.75, 3.05) is 6.54 Å². The fraction of sp³-hybridized carbons (Fsp3) is 0.357. The molecule has 2 rings (SSSR count). The molecule has 6 heteroatoms. The van der Waals surface area contributed by atoms with Crippen LogP contribution in [0.4, 0.5) is 0 Å². The summed E-state index contributed by atoms with van der Waals surface area (Å²) >= 11 is 13.2. The van der Waals surface area contributed by atoms with Gasteiger partial charge in [0.1, 0.15) is 0 Å². The van der Waals surface area contributed by atoms with Crippen molar-refractivity contribution in [2.24, 2.45) is 7.05 Å². The maximum absolute atomic E-state index is 6.08. The molecule has 0 aliphatic rings. The van der Waals surface area contributed by atoms with E-state index in [9.17, 15) is 0 Å². The number of aromatic nitrogens is 2. The summed E-state index contributed by atoms with van der Waals surface area (Å²) < 4.78 is 3.79. The molecule has 0 radical (unpaired) electrons. The molecular weight excluding hydrogens is 405 g/mol. The predicted molar refractivity (Wildman–Crippen MR) is 90.2 cm³/mol. The Morgan fingerprint density at radius 1 is 1.35 bits per heavy atom. The third-order valence-corrected chi connectivity index (χ3v) is 4.91. The molecule has 1 unspecified atom stereocenters. The number of hydrogen-bond donors (Lipinski definition) is 1. The van der Waals surface area contributed by atoms with Crippen molar-refractivity contribution < 1.29 is 0 Å². The molecule has 20 heavy (non-hydrogen) atoms. The van der Waals surface area contributed by atoms with Crippen LogP contribution in [0.3, 0.4) is 0 Å². The fourth-order valence-electron chi connectivity index (χ4n) is 2.10. The lowest BCUT2D eigenvalue weighted by Gasteiger charge is -2.20. The Morgan fingerprint density at radius 2 is 2.10 bits per heavy atom. The van der Waals surface area contributed by atoms with Crippen LogP contribution in [-0.4, -0.2) is 16.3 Å². The lowest BCUT2D eigenvalue weighted by Crippen LogP contribution is -2.25. The van der Waals surface area contributed by atoms with Crippen molar-refractivity contribution in [1.82, 2.24) is 15.1 Å². The molecular formula is C14H16Br2ClN3. The lowest BCUT2D eigenvalue weighted by molar-refractivity contribution is 0.552. The molecule has 108 valence electrons. The summed E-state index contributed by atoms with van der Waals surface area (Å²) in [5.41, 5.74) is 2.26. The number of benzene rings is 1. The van der Waals surface area contributed by atoms with Crippen LogP contribution in [0.2, 0.25) is 5.02 Å². The third kappa shape index (κ3) is 3.45. The molecule has 0 saturated heterocycles.